The number of hydrogen-bond acceptors (Lipinski definition) is 3. The molecule has 0 saturated heterocycles. The fourth-order valence-corrected chi connectivity index (χ4v) is 4.73. The molecule has 3 aromatic carbocycles. The molecule has 0 saturated carbocycles. The molecule has 33 heavy (non-hydrogen) atoms. The zero-order valence-electron chi connectivity index (χ0n) is 17.7. The molecular weight excluding hydrogens is 404 g/mol. The number of rotatable bonds is 2. The van der Waals surface area contributed by atoms with Gasteiger partial charge in [-0.2, -0.15) is 0 Å². The van der Waals surface area contributed by atoms with Crippen LogP contribution in [0.4, 0.5) is 0 Å². The molecule has 0 unspecified atom stereocenters. The molecule has 0 aliphatic carbocycles. The van der Waals surface area contributed by atoms with Gasteiger partial charge in [0, 0.05) is 45.2 Å². The molecule has 4 nitrogen and oxygen atoms in total. The predicted octanol–water partition coefficient (Wildman–Crippen LogP) is 6.94. The van der Waals surface area contributed by atoms with E-state index in [1.807, 2.05) is 30.6 Å². The van der Waals surface area contributed by atoms with Gasteiger partial charge in [0.2, 0.25) is 0 Å². The van der Waals surface area contributed by atoms with Crippen LogP contribution in [0.25, 0.3) is 60.7 Å². The van der Waals surface area contributed by atoms with Crippen LogP contribution in [0.3, 0.4) is 0 Å². The van der Waals surface area contributed by atoms with Crippen molar-refractivity contribution in [1.82, 2.24) is 19.5 Å². The van der Waals surface area contributed by atoms with Gasteiger partial charge in [0.15, 0.2) is 0 Å². The minimum Gasteiger partial charge on any atom is -0.294 e. The second-order valence-electron chi connectivity index (χ2n) is 8.19. The van der Waals surface area contributed by atoms with Crippen LogP contribution in [0.5, 0.6) is 0 Å². The lowest BCUT2D eigenvalue weighted by Crippen LogP contribution is -1.94. The molecule has 4 heteroatoms. The van der Waals surface area contributed by atoms with Gasteiger partial charge in [-0.1, -0.05) is 48.5 Å². The summed E-state index contributed by atoms with van der Waals surface area (Å²) in [6.07, 6.45) is 3.68. The Morgan fingerprint density at radius 2 is 1.36 bits per heavy atom. The van der Waals surface area contributed by atoms with Gasteiger partial charge in [-0.05, 0) is 48.5 Å². The van der Waals surface area contributed by atoms with Crippen LogP contribution >= 0.6 is 0 Å². The fraction of sp³-hybridized carbons (Fsp3) is 0. The average molecular weight is 422 g/mol. The Hall–Kier alpha value is -4.57. The number of benzene rings is 3. The maximum atomic E-state index is 5.04. The van der Waals surface area contributed by atoms with Crippen molar-refractivity contribution in [2.75, 3.05) is 0 Å². The van der Waals surface area contributed by atoms with Gasteiger partial charge >= 0.3 is 0 Å². The van der Waals surface area contributed by atoms with Gasteiger partial charge in [-0.3, -0.25) is 9.55 Å². The summed E-state index contributed by atoms with van der Waals surface area (Å²) in [5.74, 6) is 0. The van der Waals surface area contributed by atoms with Crippen LogP contribution in [0.2, 0.25) is 0 Å². The molecule has 0 aliphatic rings. The first kappa shape index (κ1) is 18.0. The zero-order chi connectivity index (χ0) is 21.8. The molecule has 0 bridgehead atoms. The van der Waals surface area contributed by atoms with E-state index < -0.39 is 0 Å². The molecule has 0 radical (unpaired) electrons. The van der Waals surface area contributed by atoms with Crippen LogP contribution in [0, 0.1) is 0 Å². The molecule has 0 fully saturated rings. The van der Waals surface area contributed by atoms with Gasteiger partial charge in [0.1, 0.15) is 5.65 Å². The highest BCUT2D eigenvalue weighted by atomic mass is 15.0. The van der Waals surface area contributed by atoms with Crippen LogP contribution in [0.1, 0.15) is 0 Å². The maximum Gasteiger partial charge on any atom is 0.145 e. The van der Waals surface area contributed by atoms with E-state index in [2.05, 4.69) is 88.4 Å². The van der Waals surface area contributed by atoms with Gasteiger partial charge in [-0.15, -0.1) is 0 Å². The van der Waals surface area contributed by atoms with Gasteiger partial charge in [0.25, 0.3) is 0 Å². The number of pyridine rings is 3. The molecule has 7 aromatic rings. The molecular formula is C29H18N4. The van der Waals surface area contributed by atoms with Crippen LogP contribution in [0.15, 0.2) is 109 Å². The minimum absolute atomic E-state index is 0.930. The van der Waals surface area contributed by atoms with Crippen molar-refractivity contribution in [2.45, 2.75) is 0 Å². The Labute approximate surface area is 189 Å². The second-order valence-corrected chi connectivity index (χ2v) is 8.19. The normalized spacial score (nSPS) is 11.6. The molecule has 0 N–H and O–H groups in total. The van der Waals surface area contributed by atoms with Crippen molar-refractivity contribution in [3.05, 3.63) is 109 Å². The standard InChI is InChI=1S/C29H18N4/c1-2-7-22(8-3-1)33-26-15-13-21(18-24(26)23-9-5-17-31-29(23)33)25-14-12-20-11-10-19-6-4-16-30-27(19)28(20)32-25/h1-18H. The van der Waals surface area contributed by atoms with Crippen LogP contribution < -0.4 is 0 Å². The van der Waals surface area contributed by atoms with E-state index in [9.17, 15) is 0 Å². The summed E-state index contributed by atoms with van der Waals surface area (Å²) in [6, 6.07) is 33.5. The smallest absolute Gasteiger partial charge is 0.145 e. The molecule has 7 rings (SSSR count). The number of aromatic nitrogens is 4. The number of para-hydroxylation sites is 1. The lowest BCUT2D eigenvalue weighted by atomic mass is 10.0. The first-order valence-electron chi connectivity index (χ1n) is 11.0. The van der Waals surface area contributed by atoms with E-state index in [4.69, 9.17) is 9.97 Å². The number of fused-ring (bicyclic) bond motifs is 6. The number of hydrogen-bond donors (Lipinski definition) is 0. The Kier molecular flexibility index (Phi) is 3.81. The molecule has 4 aromatic heterocycles. The van der Waals surface area contributed by atoms with E-state index in [1.165, 1.54) is 0 Å². The summed E-state index contributed by atoms with van der Waals surface area (Å²) in [5.41, 5.74) is 7.07. The Bertz CT molecular complexity index is 1820. The van der Waals surface area contributed by atoms with Crippen molar-refractivity contribution < 1.29 is 0 Å². The monoisotopic (exact) mass is 422 g/mol. The lowest BCUT2D eigenvalue weighted by Gasteiger charge is -2.08. The average Bonchev–Trinajstić information content (AvgIpc) is 3.22. The predicted molar refractivity (Wildman–Crippen MR) is 135 cm³/mol. The van der Waals surface area contributed by atoms with Crippen molar-refractivity contribution in [2.24, 2.45) is 0 Å². The Morgan fingerprint density at radius 1 is 0.576 bits per heavy atom. The highest BCUT2D eigenvalue weighted by Gasteiger charge is 2.14. The number of nitrogens with zero attached hydrogens (tertiary/aromatic N) is 4. The first-order chi connectivity index (χ1) is 16.4. The molecule has 0 atom stereocenters. The van der Waals surface area contributed by atoms with Crippen molar-refractivity contribution in [3.8, 4) is 16.9 Å². The summed E-state index contributed by atoms with van der Waals surface area (Å²) in [6.45, 7) is 0. The molecule has 154 valence electrons. The van der Waals surface area contributed by atoms with Crippen LogP contribution in [-0.2, 0) is 0 Å². The maximum absolute atomic E-state index is 5.04. The third-order valence-electron chi connectivity index (χ3n) is 6.27. The van der Waals surface area contributed by atoms with E-state index in [0.29, 0.717) is 0 Å². The topological polar surface area (TPSA) is 43.6 Å². The second kappa shape index (κ2) is 6.97. The Balaban J connectivity index is 1.49. The minimum atomic E-state index is 0.930. The molecule has 0 amide bonds. The third-order valence-corrected chi connectivity index (χ3v) is 6.27. The zero-order valence-corrected chi connectivity index (χ0v) is 17.7. The van der Waals surface area contributed by atoms with Gasteiger partial charge < -0.3 is 0 Å². The summed E-state index contributed by atoms with van der Waals surface area (Å²) in [7, 11) is 0. The highest BCUT2D eigenvalue weighted by molar-refractivity contribution is 6.09. The lowest BCUT2D eigenvalue weighted by molar-refractivity contribution is 1.14. The molecule has 0 aliphatic heterocycles. The summed E-state index contributed by atoms with van der Waals surface area (Å²) >= 11 is 0. The van der Waals surface area contributed by atoms with E-state index in [-0.39, 0.29) is 0 Å². The Morgan fingerprint density at radius 3 is 2.27 bits per heavy atom. The third kappa shape index (κ3) is 2.74. The van der Waals surface area contributed by atoms with E-state index in [1.54, 1.807) is 0 Å². The first-order valence-corrected chi connectivity index (χ1v) is 11.0. The summed E-state index contributed by atoms with van der Waals surface area (Å²) in [5, 5.41) is 4.49. The van der Waals surface area contributed by atoms with Crippen molar-refractivity contribution in [3.63, 3.8) is 0 Å². The summed E-state index contributed by atoms with van der Waals surface area (Å²) in [4.78, 5) is 14.3. The molecule has 4 heterocycles. The van der Waals surface area contributed by atoms with Crippen LogP contribution in [-0.4, -0.2) is 19.5 Å². The van der Waals surface area contributed by atoms with E-state index in [0.717, 1.165) is 60.7 Å². The largest absolute Gasteiger partial charge is 0.294 e. The SMILES string of the molecule is c1ccc(-n2c3ccc(-c4ccc5ccc6cccnc6c5n4)cc3c3cccnc32)cc1. The van der Waals surface area contributed by atoms with Gasteiger partial charge in [0.05, 0.1) is 22.2 Å². The van der Waals surface area contributed by atoms with Crippen molar-refractivity contribution in [1.29, 1.82) is 0 Å². The molecule has 0 spiro atoms. The summed E-state index contributed by atoms with van der Waals surface area (Å²) < 4.78 is 2.22. The van der Waals surface area contributed by atoms with E-state index >= 15 is 0 Å². The quantitative estimate of drug-likeness (QED) is 0.283. The highest BCUT2D eigenvalue weighted by Crippen LogP contribution is 2.34. The fourth-order valence-electron chi connectivity index (χ4n) is 4.73. The van der Waals surface area contributed by atoms with Gasteiger partial charge in [-0.25, -0.2) is 9.97 Å². The van der Waals surface area contributed by atoms with Crippen molar-refractivity contribution >= 4 is 43.7 Å².